The van der Waals surface area contributed by atoms with E-state index in [1.165, 1.54) is 18.2 Å². The number of hydrogen-bond donors (Lipinski definition) is 1. The molecule has 1 unspecified atom stereocenters. The van der Waals surface area contributed by atoms with Crippen molar-refractivity contribution < 1.29 is 14.3 Å². The molecule has 2 aromatic carbocycles. The first kappa shape index (κ1) is 20.7. The average Bonchev–Trinajstić information content (AvgIpc) is 2.82. The van der Waals surface area contributed by atoms with E-state index in [1.807, 2.05) is 6.07 Å². The summed E-state index contributed by atoms with van der Waals surface area (Å²) in [5.41, 5.74) is 4.74. The fourth-order valence-corrected chi connectivity index (χ4v) is 3.91. The number of nitrogens with zero attached hydrogens (tertiary/aromatic N) is 2. The first-order valence-electron chi connectivity index (χ1n) is 10.4. The van der Waals surface area contributed by atoms with E-state index in [2.05, 4.69) is 64.7 Å². The molecule has 0 saturated heterocycles. The highest BCUT2D eigenvalue weighted by Crippen LogP contribution is 2.37. The number of benzene rings is 2. The molecule has 0 radical (unpaired) electrons. The molecule has 1 aromatic heterocycles. The topological polar surface area (TPSA) is 63.7 Å². The van der Waals surface area contributed by atoms with Crippen molar-refractivity contribution in [1.29, 1.82) is 0 Å². The standard InChI is InChI=1S/C25H27N3O3/c1-28(17-18-6-4-3-5-7-18)20-8-9-21-19(11-13-31-24(21)14-20)15-27-23-16-26-12-10-22(23)25(29)30-2/h3-10,12,14,16,19,27H,11,13,15,17H2,1-2H3. The van der Waals surface area contributed by atoms with Gasteiger partial charge in [-0.05, 0) is 29.7 Å². The lowest BCUT2D eigenvalue weighted by molar-refractivity contribution is 0.0601. The van der Waals surface area contributed by atoms with Gasteiger partial charge in [0.15, 0.2) is 0 Å². The Hall–Kier alpha value is -3.54. The molecule has 31 heavy (non-hydrogen) atoms. The SMILES string of the molecule is COC(=O)c1ccncc1NCC1CCOc2cc(N(C)Cc3ccccc3)ccc21. The Morgan fingerprint density at radius 1 is 1.23 bits per heavy atom. The molecule has 0 fully saturated rings. The molecule has 0 aliphatic carbocycles. The predicted molar refractivity (Wildman–Crippen MR) is 122 cm³/mol. The summed E-state index contributed by atoms with van der Waals surface area (Å²) in [4.78, 5) is 18.4. The fraction of sp³-hybridized carbons (Fsp3) is 0.280. The minimum absolute atomic E-state index is 0.280. The van der Waals surface area contributed by atoms with Crippen molar-refractivity contribution in [1.82, 2.24) is 4.98 Å². The highest BCUT2D eigenvalue weighted by Gasteiger charge is 2.23. The van der Waals surface area contributed by atoms with E-state index in [-0.39, 0.29) is 11.9 Å². The summed E-state index contributed by atoms with van der Waals surface area (Å²) < 4.78 is 10.9. The molecule has 0 amide bonds. The van der Waals surface area contributed by atoms with Crippen molar-refractivity contribution in [2.24, 2.45) is 0 Å². The molecular weight excluding hydrogens is 390 g/mol. The quantitative estimate of drug-likeness (QED) is 0.572. The third kappa shape index (κ3) is 4.79. The molecule has 4 rings (SSSR count). The number of fused-ring (bicyclic) bond motifs is 1. The lowest BCUT2D eigenvalue weighted by Gasteiger charge is -2.28. The van der Waals surface area contributed by atoms with Gasteiger partial charge in [-0.2, -0.15) is 0 Å². The van der Waals surface area contributed by atoms with E-state index in [4.69, 9.17) is 9.47 Å². The Morgan fingerprint density at radius 2 is 2.06 bits per heavy atom. The zero-order valence-corrected chi connectivity index (χ0v) is 17.9. The zero-order valence-electron chi connectivity index (χ0n) is 17.9. The highest BCUT2D eigenvalue weighted by atomic mass is 16.5. The van der Waals surface area contributed by atoms with Crippen molar-refractivity contribution in [3.8, 4) is 5.75 Å². The second-order valence-electron chi connectivity index (χ2n) is 7.69. The Morgan fingerprint density at radius 3 is 2.87 bits per heavy atom. The summed E-state index contributed by atoms with van der Waals surface area (Å²) in [7, 11) is 3.47. The van der Waals surface area contributed by atoms with Gasteiger partial charge in [-0.1, -0.05) is 36.4 Å². The van der Waals surface area contributed by atoms with Crippen LogP contribution in [0.2, 0.25) is 0 Å². The first-order valence-corrected chi connectivity index (χ1v) is 10.4. The number of pyridine rings is 1. The van der Waals surface area contributed by atoms with Crippen molar-refractivity contribution in [2.75, 3.05) is 37.5 Å². The molecule has 1 atom stereocenters. The second kappa shape index (κ2) is 9.51. The van der Waals surface area contributed by atoms with Gasteiger partial charge in [-0.15, -0.1) is 0 Å². The van der Waals surface area contributed by atoms with Crippen molar-refractivity contribution >= 4 is 17.3 Å². The van der Waals surface area contributed by atoms with E-state index in [0.717, 1.165) is 24.4 Å². The molecule has 1 N–H and O–H groups in total. The molecule has 6 heteroatoms. The number of carbonyl (C=O) groups is 1. The Bertz CT molecular complexity index is 1040. The molecule has 3 aromatic rings. The van der Waals surface area contributed by atoms with Crippen LogP contribution >= 0.6 is 0 Å². The molecule has 0 bridgehead atoms. The molecule has 160 valence electrons. The van der Waals surface area contributed by atoms with Crippen LogP contribution in [0.15, 0.2) is 67.0 Å². The summed E-state index contributed by atoms with van der Waals surface area (Å²) in [6, 6.07) is 18.5. The zero-order chi connectivity index (χ0) is 21.6. The van der Waals surface area contributed by atoms with E-state index in [1.54, 1.807) is 18.5 Å². The lowest BCUT2D eigenvalue weighted by atomic mass is 9.92. The maximum Gasteiger partial charge on any atom is 0.340 e. The van der Waals surface area contributed by atoms with Crippen molar-refractivity contribution in [2.45, 2.75) is 18.9 Å². The second-order valence-corrected chi connectivity index (χ2v) is 7.69. The van der Waals surface area contributed by atoms with Gasteiger partial charge in [-0.25, -0.2) is 4.79 Å². The van der Waals surface area contributed by atoms with Crippen LogP contribution in [0.4, 0.5) is 11.4 Å². The number of methoxy groups -OCH3 is 1. The summed E-state index contributed by atoms with van der Waals surface area (Å²) >= 11 is 0. The molecule has 0 spiro atoms. The number of hydrogen-bond acceptors (Lipinski definition) is 6. The largest absolute Gasteiger partial charge is 0.493 e. The summed E-state index contributed by atoms with van der Waals surface area (Å²) in [6.07, 6.45) is 4.16. The van der Waals surface area contributed by atoms with E-state index >= 15 is 0 Å². The summed E-state index contributed by atoms with van der Waals surface area (Å²) in [6.45, 7) is 2.19. The third-order valence-electron chi connectivity index (χ3n) is 5.63. The van der Waals surface area contributed by atoms with Crippen molar-refractivity contribution in [3.05, 3.63) is 83.7 Å². The maximum absolute atomic E-state index is 12.0. The lowest BCUT2D eigenvalue weighted by Crippen LogP contribution is -2.22. The minimum Gasteiger partial charge on any atom is -0.493 e. The Labute approximate surface area is 182 Å². The van der Waals surface area contributed by atoms with Gasteiger partial charge in [0.25, 0.3) is 0 Å². The monoisotopic (exact) mass is 417 g/mol. The van der Waals surface area contributed by atoms with Gasteiger partial charge in [0, 0.05) is 44.0 Å². The van der Waals surface area contributed by atoms with Crippen LogP contribution < -0.4 is 15.0 Å². The smallest absolute Gasteiger partial charge is 0.340 e. The van der Waals surface area contributed by atoms with E-state index < -0.39 is 0 Å². The van der Waals surface area contributed by atoms with Crippen LogP contribution in [0, 0.1) is 0 Å². The highest BCUT2D eigenvalue weighted by molar-refractivity contribution is 5.95. The molecular formula is C25H27N3O3. The van der Waals surface area contributed by atoms with Crippen LogP contribution in [0.1, 0.15) is 33.8 Å². The summed E-state index contributed by atoms with van der Waals surface area (Å²) in [5, 5.41) is 3.38. The summed E-state index contributed by atoms with van der Waals surface area (Å²) in [5.74, 6) is 0.834. The Balaban J connectivity index is 1.47. The molecule has 6 nitrogen and oxygen atoms in total. The maximum atomic E-state index is 12.0. The Kier molecular flexibility index (Phi) is 6.36. The number of esters is 1. The third-order valence-corrected chi connectivity index (χ3v) is 5.63. The van der Waals surface area contributed by atoms with Gasteiger partial charge in [0.05, 0.1) is 31.2 Å². The van der Waals surface area contributed by atoms with E-state index in [0.29, 0.717) is 24.4 Å². The van der Waals surface area contributed by atoms with Crippen LogP contribution in [-0.4, -0.2) is 38.3 Å². The molecule has 2 heterocycles. The minimum atomic E-state index is -0.372. The number of anilines is 2. The van der Waals surface area contributed by atoms with Crippen molar-refractivity contribution in [3.63, 3.8) is 0 Å². The first-order chi connectivity index (χ1) is 15.2. The van der Waals surface area contributed by atoms with Crippen LogP contribution in [-0.2, 0) is 11.3 Å². The van der Waals surface area contributed by atoms with Gasteiger partial charge in [0.2, 0.25) is 0 Å². The number of aromatic nitrogens is 1. The molecule has 1 aliphatic heterocycles. The van der Waals surface area contributed by atoms with Gasteiger partial charge >= 0.3 is 5.97 Å². The number of carbonyl (C=O) groups excluding carboxylic acids is 1. The number of ether oxygens (including phenoxy) is 2. The molecule has 0 saturated carbocycles. The van der Waals surface area contributed by atoms with Crippen LogP contribution in [0.5, 0.6) is 5.75 Å². The van der Waals surface area contributed by atoms with Gasteiger partial charge < -0.3 is 19.7 Å². The normalized spacial score (nSPS) is 14.8. The van der Waals surface area contributed by atoms with Crippen LogP contribution in [0.25, 0.3) is 0 Å². The van der Waals surface area contributed by atoms with Gasteiger partial charge in [-0.3, -0.25) is 4.98 Å². The van der Waals surface area contributed by atoms with Crippen LogP contribution in [0.3, 0.4) is 0 Å². The number of nitrogens with one attached hydrogen (secondary N) is 1. The van der Waals surface area contributed by atoms with Gasteiger partial charge in [0.1, 0.15) is 5.75 Å². The van der Waals surface area contributed by atoms with E-state index in [9.17, 15) is 4.79 Å². The fourth-order valence-electron chi connectivity index (χ4n) is 3.91. The average molecular weight is 418 g/mol. The predicted octanol–water partition coefficient (Wildman–Crippen LogP) is 4.48. The number of rotatable bonds is 7. The molecule has 1 aliphatic rings.